The summed E-state index contributed by atoms with van der Waals surface area (Å²) in [5.41, 5.74) is 11.0. The molecule has 0 radical (unpaired) electrons. The molecule has 1 aromatic carbocycles. The smallest absolute Gasteiger partial charge is 0.254 e. The van der Waals surface area contributed by atoms with E-state index in [4.69, 9.17) is 10.7 Å². The quantitative estimate of drug-likeness (QED) is 0.854. The molecule has 1 unspecified atom stereocenters. The predicted octanol–water partition coefficient (Wildman–Crippen LogP) is 3.99. The van der Waals surface area contributed by atoms with Gasteiger partial charge in [0, 0.05) is 30.1 Å². The van der Waals surface area contributed by atoms with Crippen molar-refractivity contribution in [3.8, 4) is 0 Å². The van der Waals surface area contributed by atoms with E-state index in [2.05, 4.69) is 32.0 Å². The van der Waals surface area contributed by atoms with Crippen LogP contribution < -0.4 is 5.73 Å². The molecule has 2 heterocycles. The number of amides is 1. The zero-order valence-corrected chi connectivity index (χ0v) is 17.0. The van der Waals surface area contributed by atoms with E-state index in [0.717, 1.165) is 47.2 Å². The van der Waals surface area contributed by atoms with E-state index in [1.54, 1.807) is 0 Å². The first kappa shape index (κ1) is 20.9. The third-order valence-electron chi connectivity index (χ3n) is 5.40. The SMILES string of the molecule is Cc1cc(C)c2nc(C3CC3)cc(C(=O)N3CCC(CN)C3)c2c1.Cl.Cl. The van der Waals surface area contributed by atoms with Crippen molar-refractivity contribution in [3.05, 3.63) is 40.6 Å². The van der Waals surface area contributed by atoms with E-state index in [1.807, 2.05) is 4.90 Å². The average Bonchev–Trinajstić information content (AvgIpc) is 3.30. The van der Waals surface area contributed by atoms with E-state index >= 15 is 0 Å². The summed E-state index contributed by atoms with van der Waals surface area (Å²) in [6.07, 6.45) is 3.39. The highest BCUT2D eigenvalue weighted by Crippen LogP contribution is 2.41. The summed E-state index contributed by atoms with van der Waals surface area (Å²) >= 11 is 0. The maximum Gasteiger partial charge on any atom is 0.254 e. The second kappa shape index (κ2) is 8.12. The van der Waals surface area contributed by atoms with Crippen molar-refractivity contribution in [3.63, 3.8) is 0 Å². The largest absolute Gasteiger partial charge is 0.338 e. The topological polar surface area (TPSA) is 59.2 Å². The van der Waals surface area contributed by atoms with Crippen LogP contribution in [0, 0.1) is 19.8 Å². The van der Waals surface area contributed by atoms with Crippen LogP contribution in [-0.4, -0.2) is 35.4 Å². The van der Waals surface area contributed by atoms with E-state index < -0.39 is 0 Å². The molecular weight excluding hydrogens is 369 g/mol. The van der Waals surface area contributed by atoms with Crippen molar-refractivity contribution in [2.45, 2.75) is 39.0 Å². The molecule has 1 aliphatic heterocycles. The third-order valence-corrected chi connectivity index (χ3v) is 5.40. The summed E-state index contributed by atoms with van der Waals surface area (Å²) in [7, 11) is 0. The molecule has 0 bridgehead atoms. The number of benzene rings is 1. The Bertz CT molecular complexity index is 820. The Morgan fingerprint density at radius 3 is 2.54 bits per heavy atom. The number of nitrogens with two attached hydrogens (primary N) is 1. The summed E-state index contributed by atoms with van der Waals surface area (Å²) < 4.78 is 0. The van der Waals surface area contributed by atoms with Gasteiger partial charge in [-0.1, -0.05) is 11.6 Å². The van der Waals surface area contributed by atoms with Crippen LogP contribution in [0.25, 0.3) is 10.9 Å². The minimum atomic E-state index is 0. The second-order valence-electron chi connectivity index (χ2n) is 7.49. The minimum absolute atomic E-state index is 0. The van der Waals surface area contributed by atoms with Crippen molar-refractivity contribution < 1.29 is 4.79 Å². The lowest BCUT2D eigenvalue weighted by molar-refractivity contribution is 0.0789. The van der Waals surface area contributed by atoms with Crippen molar-refractivity contribution >= 4 is 41.6 Å². The van der Waals surface area contributed by atoms with Gasteiger partial charge in [0.1, 0.15) is 0 Å². The molecule has 1 atom stereocenters. The van der Waals surface area contributed by atoms with Crippen molar-refractivity contribution in [1.29, 1.82) is 0 Å². The van der Waals surface area contributed by atoms with Crippen molar-refractivity contribution in [2.75, 3.05) is 19.6 Å². The predicted molar refractivity (Wildman–Crippen MR) is 111 cm³/mol. The zero-order chi connectivity index (χ0) is 16.8. The van der Waals surface area contributed by atoms with Gasteiger partial charge in [0.05, 0.1) is 11.1 Å². The molecule has 1 amide bonds. The Kier molecular flexibility index (Phi) is 6.54. The summed E-state index contributed by atoms with van der Waals surface area (Å²) in [6.45, 7) is 6.42. The van der Waals surface area contributed by atoms with Gasteiger partial charge in [-0.05, 0) is 63.3 Å². The highest BCUT2D eigenvalue weighted by molar-refractivity contribution is 6.07. The van der Waals surface area contributed by atoms with E-state index in [-0.39, 0.29) is 30.7 Å². The first-order valence-corrected chi connectivity index (χ1v) is 8.98. The number of nitrogens with zero attached hydrogens (tertiary/aromatic N) is 2. The normalized spacial score (nSPS) is 19.2. The minimum Gasteiger partial charge on any atom is -0.338 e. The Morgan fingerprint density at radius 2 is 1.92 bits per heavy atom. The van der Waals surface area contributed by atoms with Gasteiger partial charge in [0.15, 0.2) is 0 Å². The summed E-state index contributed by atoms with van der Waals surface area (Å²) in [5.74, 6) is 1.12. The molecule has 1 aromatic heterocycles. The lowest BCUT2D eigenvalue weighted by atomic mass is 10.00. The molecular formula is C20H27Cl2N3O. The molecule has 6 heteroatoms. The van der Waals surface area contributed by atoms with Gasteiger partial charge in [-0.15, -0.1) is 24.8 Å². The van der Waals surface area contributed by atoms with Crippen molar-refractivity contribution in [1.82, 2.24) is 9.88 Å². The van der Waals surface area contributed by atoms with Crippen LogP contribution in [-0.2, 0) is 0 Å². The van der Waals surface area contributed by atoms with Gasteiger partial charge >= 0.3 is 0 Å². The van der Waals surface area contributed by atoms with Crippen LogP contribution in [0.1, 0.15) is 52.4 Å². The molecule has 1 aliphatic carbocycles. The number of aromatic nitrogens is 1. The fourth-order valence-electron chi connectivity index (χ4n) is 3.85. The molecule has 4 rings (SSSR count). The summed E-state index contributed by atoms with van der Waals surface area (Å²) in [5, 5.41) is 0.998. The number of rotatable bonds is 3. The van der Waals surface area contributed by atoms with Gasteiger partial charge < -0.3 is 10.6 Å². The van der Waals surface area contributed by atoms with Crippen LogP contribution in [0.15, 0.2) is 18.2 Å². The zero-order valence-electron chi connectivity index (χ0n) is 15.3. The molecule has 2 aliphatic rings. The number of aryl methyl sites for hydroxylation is 2. The van der Waals surface area contributed by atoms with Gasteiger partial charge in [0.25, 0.3) is 5.91 Å². The second-order valence-corrected chi connectivity index (χ2v) is 7.49. The molecule has 2 fully saturated rings. The van der Waals surface area contributed by atoms with Gasteiger partial charge in [0.2, 0.25) is 0 Å². The van der Waals surface area contributed by atoms with E-state index in [1.165, 1.54) is 18.4 Å². The van der Waals surface area contributed by atoms with Crippen LogP contribution in [0.5, 0.6) is 0 Å². The number of carbonyl (C=O) groups is 1. The Morgan fingerprint density at radius 1 is 1.19 bits per heavy atom. The highest BCUT2D eigenvalue weighted by atomic mass is 35.5. The summed E-state index contributed by atoms with van der Waals surface area (Å²) in [4.78, 5) is 20.1. The first-order chi connectivity index (χ1) is 11.6. The van der Waals surface area contributed by atoms with E-state index in [0.29, 0.717) is 18.4 Å². The maximum absolute atomic E-state index is 13.2. The highest BCUT2D eigenvalue weighted by Gasteiger charge is 2.30. The number of pyridine rings is 1. The fraction of sp³-hybridized carbons (Fsp3) is 0.500. The average molecular weight is 396 g/mol. The molecule has 0 spiro atoms. The van der Waals surface area contributed by atoms with Gasteiger partial charge in [-0.3, -0.25) is 9.78 Å². The maximum atomic E-state index is 13.2. The molecule has 2 N–H and O–H groups in total. The standard InChI is InChI=1S/C20H25N3O.2ClH/c1-12-7-13(2)19-16(8-12)17(9-18(22-19)15-3-4-15)20(24)23-6-5-14(10-21)11-23;;/h7-9,14-15H,3-6,10-11,21H2,1-2H3;2*1H. The molecule has 4 nitrogen and oxygen atoms in total. The molecule has 2 aromatic rings. The number of carbonyl (C=O) groups excluding carboxylic acids is 1. The van der Waals surface area contributed by atoms with Crippen LogP contribution in [0.2, 0.25) is 0 Å². The van der Waals surface area contributed by atoms with E-state index in [9.17, 15) is 4.79 Å². The molecule has 26 heavy (non-hydrogen) atoms. The van der Waals surface area contributed by atoms with Crippen LogP contribution in [0.3, 0.4) is 0 Å². The lowest BCUT2D eigenvalue weighted by Crippen LogP contribution is -2.30. The van der Waals surface area contributed by atoms with Gasteiger partial charge in [-0.25, -0.2) is 0 Å². The number of halogens is 2. The lowest BCUT2D eigenvalue weighted by Gasteiger charge is -2.19. The van der Waals surface area contributed by atoms with Gasteiger partial charge in [-0.2, -0.15) is 0 Å². The molecule has 1 saturated carbocycles. The fourth-order valence-corrected chi connectivity index (χ4v) is 3.85. The third kappa shape index (κ3) is 3.83. The van der Waals surface area contributed by atoms with Crippen LogP contribution in [0.4, 0.5) is 0 Å². The number of likely N-dealkylation sites (tertiary alicyclic amines) is 1. The number of hydrogen-bond donors (Lipinski definition) is 1. The van der Waals surface area contributed by atoms with Crippen LogP contribution >= 0.6 is 24.8 Å². The first-order valence-electron chi connectivity index (χ1n) is 8.98. The number of fused-ring (bicyclic) bond motifs is 1. The number of hydrogen-bond acceptors (Lipinski definition) is 3. The summed E-state index contributed by atoms with van der Waals surface area (Å²) in [6, 6.07) is 6.31. The van der Waals surface area contributed by atoms with Crippen molar-refractivity contribution in [2.24, 2.45) is 11.7 Å². The Hall–Kier alpha value is -1.36. The Labute approximate surface area is 167 Å². The Balaban J connectivity index is 0.00000121. The molecule has 1 saturated heterocycles. The molecule has 142 valence electrons. The monoisotopic (exact) mass is 395 g/mol.